The highest BCUT2D eigenvalue weighted by Crippen LogP contribution is 1.90. The van der Waals surface area contributed by atoms with Crippen LogP contribution in [0.15, 0.2) is 0 Å². The molecule has 9 heteroatoms. The van der Waals surface area contributed by atoms with Crippen molar-refractivity contribution in [3.8, 4) is 0 Å². The van der Waals surface area contributed by atoms with Crippen molar-refractivity contribution in [3.63, 3.8) is 0 Å². The normalized spacial score (nSPS) is 8.36. The van der Waals surface area contributed by atoms with Crippen LogP contribution in [0.25, 0.3) is 0 Å². The Morgan fingerprint density at radius 3 is 2.45 bits per heavy atom. The minimum Gasteiger partial charge on any atom is -0.351 e. The van der Waals surface area contributed by atoms with Crippen LogP contribution in [-0.2, 0) is 0 Å². The molecule has 4 N–H and O–H groups in total. The molecule has 8 nitrogen and oxygen atoms in total. The van der Waals surface area contributed by atoms with Crippen molar-refractivity contribution in [1.82, 2.24) is 10.0 Å². The molecule has 0 aromatic heterocycles. The predicted molar refractivity (Wildman–Crippen MR) is 35.8 cm³/mol. The van der Waals surface area contributed by atoms with Crippen LogP contribution in [0.4, 0.5) is 9.59 Å². The second kappa shape index (κ2) is 4.33. The molecule has 0 aromatic rings. The SMILES string of the molecule is NC(=O)NC(=O)NS[N+](=O)[O-]. The average Bonchev–Trinajstić information content (AvgIpc) is 1.82. The highest BCUT2D eigenvalue weighted by atomic mass is 32.2. The number of carbonyl (C=O) groups excluding carboxylic acids is 2. The van der Waals surface area contributed by atoms with Crippen LogP contribution in [0, 0.1) is 10.1 Å². The molecular weight excluding hydrogens is 176 g/mol. The van der Waals surface area contributed by atoms with Crippen molar-refractivity contribution >= 4 is 24.2 Å². The lowest BCUT2D eigenvalue weighted by molar-refractivity contribution is -0.285. The zero-order valence-electron chi connectivity index (χ0n) is 5.07. The summed E-state index contributed by atoms with van der Waals surface area (Å²) in [4.78, 5) is 29.8. The first kappa shape index (κ1) is 9.49. The number of hydrogen-bond acceptors (Lipinski definition) is 5. The van der Waals surface area contributed by atoms with Crippen molar-refractivity contribution in [2.45, 2.75) is 0 Å². The summed E-state index contributed by atoms with van der Waals surface area (Å²) in [6.07, 6.45) is 0. The van der Waals surface area contributed by atoms with Crippen molar-refractivity contribution in [3.05, 3.63) is 10.1 Å². The zero-order chi connectivity index (χ0) is 8.85. The van der Waals surface area contributed by atoms with E-state index in [1.807, 2.05) is 0 Å². The molecule has 62 valence electrons. The van der Waals surface area contributed by atoms with Gasteiger partial charge in [0.2, 0.25) is 0 Å². The zero-order valence-corrected chi connectivity index (χ0v) is 5.88. The molecule has 0 radical (unpaired) electrons. The van der Waals surface area contributed by atoms with E-state index >= 15 is 0 Å². The van der Waals surface area contributed by atoms with Gasteiger partial charge >= 0.3 is 24.2 Å². The first-order chi connectivity index (χ1) is 5.02. The monoisotopic (exact) mass is 180 g/mol. The summed E-state index contributed by atoms with van der Waals surface area (Å²) in [6, 6.07) is -2.11. The first-order valence-electron chi connectivity index (χ1n) is 2.20. The number of rotatable bonds is 2. The van der Waals surface area contributed by atoms with Crippen molar-refractivity contribution in [1.29, 1.82) is 0 Å². The molecule has 0 saturated carbocycles. The summed E-state index contributed by atoms with van der Waals surface area (Å²) in [5.41, 5.74) is 4.51. The largest absolute Gasteiger partial charge is 0.356 e. The van der Waals surface area contributed by atoms with Crippen LogP contribution < -0.4 is 15.8 Å². The number of nitrogens with zero attached hydrogens (tertiary/aromatic N) is 1. The third kappa shape index (κ3) is 6.37. The minimum absolute atomic E-state index is 0.0663. The predicted octanol–water partition coefficient (Wildman–Crippen LogP) is -0.796. The summed E-state index contributed by atoms with van der Waals surface area (Å²) in [6.45, 7) is 0. The van der Waals surface area contributed by atoms with Gasteiger partial charge in [-0.25, -0.2) is 24.4 Å². The smallest absolute Gasteiger partial charge is 0.351 e. The van der Waals surface area contributed by atoms with E-state index in [0.29, 0.717) is 0 Å². The number of urea groups is 2. The van der Waals surface area contributed by atoms with E-state index in [9.17, 15) is 19.7 Å². The van der Waals surface area contributed by atoms with Gasteiger partial charge in [-0.1, -0.05) is 0 Å². The second-order valence-corrected chi connectivity index (χ2v) is 1.92. The van der Waals surface area contributed by atoms with E-state index in [4.69, 9.17) is 0 Å². The lowest BCUT2D eigenvalue weighted by Gasteiger charge is -1.95. The van der Waals surface area contributed by atoms with Crippen molar-refractivity contribution in [2.24, 2.45) is 5.73 Å². The van der Waals surface area contributed by atoms with E-state index in [-0.39, 0.29) is 12.1 Å². The van der Waals surface area contributed by atoms with Crippen LogP contribution in [0.1, 0.15) is 0 Å². The average molecular weight is 180 g/mol. The highest BCUT2D eigenvalue weighted by Gasteiger charge is 2.07. The van der Waals surface area contributed by atoms with Crippen molar-refractivity contribution < 1.29 is 13.9 Å². The number of hydrogen-bond donors (Lipinski definition) is 3. The van der Waals surface area contributed by atoms with E-state index in [1.165, 1.54) is 0 Å². The van der Waals surface area contributed by atoms with Gasteiger partial charge in [-0.05, 0) is 0 Å². The molecular formula is C2H4N4O4S. The fraction of sp³-hybridized carbons (Fsp3) is 0. The molecule has 4 amide bonds. The molecule has 0 saturated heterocycles. The molecule has 0 fully saturated rings. The van der Waals surface area contributed by atoms with Crippen LogP contribution in [0.5, 0.6) is 0 Å². The van der Waals surface area contributed by atoms with Gasteiger partial charge in [0.15, 0.2) is 0 Å². The van der Waals surface area contributed by atoms with Crippen LogP contribution in [0.2, 0.25) is 0 Å². The third-order valence-electron chi connectivity index (χ3n) is 0.450. The number of nitro groups is 1. The van der Waals surface area contributed by atoms with Gasteiger partial charge in [0, 0.05) is 0 Å². The Morgan fingerprint density at radius 2 is 2.09 bits per heavy atom. The van der Waals surface area contributed by atoms with Gasteiger partial charge in [0.05, 0.1) is 0 Å². The van der Waals surface area contributed by atoms with Gasteiger partial charge in [0.1, 0.15) is 4.33 Å². The van der Waals surface area contributed by atoms with E-state index < -0.39 is 16.4 Å². The topological polar surface area (TPSA) is 127 Å². The number of primary amides is 1. The van der Waals surface area contributed by atoms with Gasteiger partial charge < -0.3 is 5.73 Å². The molecule has 0 heterocycles. The highest BCUT2D eigenvalue weighted by molar-refractivity contribution is 7.91. The summed E-state index contributed by atoms with van der Waals surface area (Å²) >= 11 is -0.0663. The Labute approximate surface area is 64.9 Å². The molecule has 0 rings (SSSR count). The van der Waals surface area contributed by atoms with Crippen molar-refractivity contribution in [2.75, 3.05) is 0 Å². The van der Waals surface area contributed by atoms with Gasteiger partial charge in [0.25, 0.3) is 0 Å². The number of nitrogens with two attached hydrogens (primary N) is 1. The maximum atomic E-state index is 10.3. The Morgan fingerprint density at radius 1 is 1.55 bits per heavy atom. The molecule has 0 aliphatic heterocycles. The van der Waals surface area contributed by atoms with E-state index in [1.54, 1.807) is 10.0 Å². The van der Waals surface area contributed by atoms with Gasteiger partial charge in [-0.2, -0.15) is 0 Å². The molecule has 0 atom stereocenters. The molecule has 0 aromatic carbocycles. The van der Waals surface area contributed by atoms with Gasteiger partial charge in [-0.15, -0.1) is 0 Å². The Hall–Kier alpha value is -1.51. The maximum absolute atomic E-state index is 10.3. The second-order valence-electron chi connectivity index (χ2n) is 1.24. The fourth-order valence-corrected chi connectivity index (χ4v) is 0.425. The van der Waals surface area contributed by atoms with Gasteiger partial charge in [-0.3, -0.25) is 5.32 Å². The molecule has 0 bridgehead atoms. The van der Waals surface area contributed by atoms with E-state index in [2.05, 4.69) is 5.73 Å². The van der Waals surface area contributed by atoms with Crippen LogP contribution in [-0.4, -0.2) is 16.4 Å². The lowest BCUT2D eigenvalue weighted by atomic mass is 10.9. The van der Waals surface area contributed by atoms with E-state index in [0.717, 1.165) is 0 Å². The summed E-state index contributed by atoms with van der Waals surface area (Å²) in [5, 5.41) is 11.2. The molecule has 0 aliphatic carbocycles. The number of carbonyl (C=O) groups is 2. The fourth-order valence-electron chi connectivity index (χ4n) is 0.216. The summed E-state index contributed by atoms with van der Waals surface area (Å²) < 4.78 is 0.833. The molecule has 0 spiro atoms. The Bertz CT molecular complexity index is 193. The standard InChI is InChI=1S/C2H4N4O4S/c3-1(7)4-2(8)5-11-6(9)10/h(H4,3,4,5,7,8). The number of imide groups is 1. The Balaban J connectivity index is 3.53. The summed E-state index contributed by atoms with van der Waals surface area (Å²) in [7, 11) is 0. The number of amides is 4. The lowest BCUT2D eigenvalue weighted by Crippen LogP contribution is -2.40. The molecule has 0 unspecified atom stereocenters. The number of nitrogens with one attached hydrogen (secondary N) is 2. The minimum atomic E-state index is -1.08. The van der Waals surface area contributed by atoms with Crippen LogP contribution >= 0.6 is 12.1 Å². The first-order valence-corrected chi connectivity index (χ1v) is 2.97. The van der Waals surface area contributed by atoms with Crippen LogP contribution in [0.3, 0.4) is 0 Å². The molecule has 11 heavy (non-hydrogen) atoms. The molecule has 0 aliphatic rings. The quantitative estimate of drug-likeness (QED) is 0.291. The maximum Gasteiger partial charge on any atom is 0.356 e. The summed E-state index contributed by atoms with van der Waals surface area (Å²) in [5.74, 6) is 0. The Kier molecular flexibility index (Phi) is 3.73. The third-order valence-corrected chi connectivity index (χ3v) is 0.875.